The summed E-state index contributed by atoms with van der Waals surface area (Å²) in [5.74, 6) is 0.729. The Morgan fingerprint density at radius 3 is 2.48 bits per heavy atom. The number of aryl methyl sites for hydroxylation is 2. The van der Waals surface area contributed by atoms with Crippen molar-refractivity contribution in [2.45, 2.75) is 56.9 Å². The lowest BCUT2D eigenvalue weighted by Gasteiger charge is -2.30. The second kappa shape index (κ2) is 9.11. The predicted octanol–water partition coefficient (Wildman–Crippen LogP) is 3.47. The van der Waals surface area contributed by atoms with Crippen LogP contribution in [0.3, 0.4) is 0 Å². The number of rotatable bonds is 6. The van der Waals surface area contributed by atoms with E-state index in [0.29, 0.717) is 28.4 Å². The van der Waals surface area contributed by atoms with E-state index in [-0.39, 0.29) is 22.2 Å². The highest BCUT2D eigenvalue weighted by atomic mass is 32.2. The summed E-state index contributed by atoms with van der Waals surface area (Å²) < 4.78 is 40.3. The van der Waals surface area contributed by atoms with Crippen molar-refractivity contribution in [3.63, 3.8) is 0 Å². The third kappa shape index (κ3) is 4.32. The van der Waals surface area contributed by atoms with Crippen LogP contribution in [0.1, 0.15) is 43.6 Å². The third-order valence-corrected chi connectivity index (χ3v) is 8.14. The van der Waals surface area contributed by atoms with Gasteiger partial charge in [-0.05, 0) is 51.0 Å². The first-order valence-corrected chi connectivity index (χ1v) is 12.4. The topological polar surface area (TPSA) is 108 Å². The fourth-order valence-corrected chi connectivity index (χ4v) is 5.93. The molecule has 0 saturated heterocycles. The van der Waals surface area contributed by atoms with E-state index in [1.807, 2.05) is 0 Å². The summed E-state index contributed by atoms with van der Waals surface area (Å²) in [6, 6.07) is 7.82. The molecule has 0 bridgehead atoms. The normalized spacial score (nSPS) is 15.2. The van der Waals surface area contributed by atoms with Crippen LogP contribution in [0.15, 0.2) is 44.5 Å². The molecule has 0 radical (unpaired) electrons. The van der Waals surface area contributed by atoms with E-state index in [1.54, 1.807) is 45.2 Å². The highest BCUT2D eigenvalue weighted by Gasteiger charge is 2.31. The van der Waals surface area contributed by atoms with Gasteiger partial charge in [-0.2, -0.15) is 14.1 Å². The molecule has 1 aromatic carbocycles. The van der Waals surface area contributed by atoms with Crippen LogP contribution in [-0.4, -0.2) is 47.9 Å². The zero-order valence-electron chi connectivity index (χ0n) is 19.2. The maximum atomic E-state index is 13.5. The number of ether oxygens (including phenoxy) is 1. The van der Waals surface area contributed by atoms with Gasteiger partial charge in [0.25, 0.3) is 5.56 Å². The Balaban J connectivity index is 1.79. The molecule has 1 saturated carbocycles. The Hall–Kier alpha value is -2.98. The maximum Gasteiger partial charge on any atom is 0.271 e. The van der Waals surface area contributed by atoms with Crippen molar-refractivity contribution in [1.29, 1.82) is 0 Å². The van der Waals surface area contributed by atoms with Gasteiger partial charge in [-0.3, -0.25) is 4.79 Å². The van der Waals surface area contributed by atoms with Crippen LogP contribution in [0.4, 0.5) is 0 Å². The Labute approximate surface area is 193 Å². The Bertz CT molecular complexity index is 1300. The van der Waals surface area contributed by atoms with Crippen molar-refractivity contribution in [2.24, 2.45) is 0 Å². The highest BCUT2D eigenvalue weighted by molar-refractivity contribution is 7.89. The lowest BCUT2D eigenvalue weighted by molar-refractivity contribution is 0.284. The standard InChI is InChI=1S/C23H28N4O5S/c1-15-23(16(2)32-25-15)27-22(28)13-11-19(24-27)17-10-12-20(31-4)21(14-17)33(29,30)26(3)18-8-6-5-7-9-18/h10-14,18H,5-9H2,1-4H3. The van der Waals surface area contributed by atoms with Crippen molar-refractivity contribution in [3.8, 4) is 22.7 Å². The summed E-state index contributed by atoms with van der Waals surface area (Å²) >= 11 is 0. The fraction of sp³-hybridized carbons (Fsp3) is 0.435. The molecule has 1 aliphatic carbocycles. The number of nitrogens with zero attached hydrogens (tertiary/aromatic N) is 4. The van der Waals surface area contributed by atoms with Gasteiger partial charge in [0.05, 0.1) is 12.8 Å². The van der Waals surface area contributed by atoms with Crippen LogP contribution in [0, 0.1) is 13.8 Å². The molecular formula is C23H28N4O5S. The summed E-state index contributed by atoms with van der Waals surface area (Å²) in [4.78, 5) is 12.6. The summed E-state index contributed by atoms with van der Waals surface area (Å²) in [6.45, 7) is 3.43. The van der Waals surface area contributed by atoms with Crippen LogP contribution in [-0.2, 0) is 10.0 Å². The van der Waals surface area contributed by atoms with Crippen molar-refractivity contribution >= 4 is 10.0 Å². The van der Waals surface area contributed by atoms with E-state index in [4.69, 9.17) is 9.26 Å². The van der Waals surface area contributed by atoms with Crippen molar-refractivity contribution < 1.29 is 17.7 Å². The molecule has 1 fully saturated rings. The molecule has 2 aromatic heterocycles. The first-order valence-electron chi connectivity index (χ1n) is 10.9. The average molecular weight is 473 g/mol. The molecule has 2 heterocycles. The zero-order valence-corrected chi connectivity index (χ0v) is 20.1. The zero-order chi connectivity index (χ0) is 23.8. The molecule has 3 aromatic rings. The quantitative estimate of drug-likeness (QED) is 0.541. The largest absolute Gasteiger partial charge is 0.495 e. The lowest BCUT2D eigenvalue weighted by atomic mass is 9.96. The second-order valence-electron chi connectivity index (χ2n) is 8.32. The molecule has 33 heavy (non-hydrogen) atoms. The average Bonchev–Trinajstić information content (AvgIpc) is 3.16. The SMILES string of the molecule is COc1ccc(-c2ccc(=O)n(-c3c(C)noc3C)n2)cc1S(=O)(=O)N(C)C1CCCCC1. The number of aromatic nitrogens is 3. The van der Waals surface area contributed by atoms with Crippen LogP contribution >= 0.6 is 0 Å². The number of hydrogen-bond donors (Lipinski definition) is 0. The lowest BCUT2D eigenvalue weighted by Crippen LogP contribution is -2.38. The smallest absolute Gasteiger partial charge is 0.271 e. The van der Waals surface area contributed by atoms with Crippen LogP contribution < -0.4 is 10.3 Å². The van der Waals surface area contributed by atoms with E-state index in [9.17, 15) is 13.2 Å². The molecule has 9 nitrogen and oxygen atoms in total. The highest BCUT2D eigenvalue weighted by Crippen LogP contribution is 2.33. The van der Waals surface area contributed by atoms with Gasteiger partial charge in [0.15, 0.2) is 5.76 Å². The molecule has 176 valence electrons. The second-order valence-corrected chi connectivity index (χ2v) is 10.3. The van der Waals surface area contributed by atoms with E-state index in [0.717, 1.165) is 32.1 Å². The molecule has 0 N–H and O–H groups in total. The van der Waals surface area contributed by atoms with E-state index >= 15 is 0 Å². The van der Waals surface area contributed by atoms with Crippen molar-refractivity contribution in [1.82, 2.24) is 19.2 Å². The van der Waals surface area contributed by atoms with Gasteiger partial charge in [-0.1, -0.05) is 24.4 Å². The van der Waals surface area contributed by atoms with Gasteiger partial charge in [0.1, 0.15) is 22.0 Å². The fourth-order valence-electron chi connectivity index (χ4n) is 4.34. The molecule has 0 atom stereocenters. The van der Waals surface area contributed by atoms with Crippen molar-refractivity contribution in [3.05, 3.63) is 52.1 Å². The molecule has 0 spiro atoms. The summed E-state index contributed by atoms with van der Waals surface area (Å²) in [6.07, 6.45) is 4.88. The van der Waals surface area contributed by atoms with E-state index < -0.39 is 10.0 Å². The van der Waals surface area contributed by atoms with Crippen LogP contribution in [0.2, 0.25) is 0 Å². The molecule has 0 aliphatic heterocycles. The van der Waals surface area contributed by atoms with Crippen LogP contribution in [0.25, 0.3) is 16.9 Å². The minimum absolute atomic E-state index is 0.0308. The molecule has 1 aliphatic rings. The van der Waals surface area contributed by atoms with Gasteiger partial charge >= 0.3 is 0 Å². The molecule has 0 amide bonds. The molecule has 4 rings (SSSR count). The molecular weight excluding hydrogens is 444 g/mol. The van der Waals surface area contributed by atoms with Gasteiger partial charge in [0, 0.05) is 24.7 Å². The van der Waals surface area contributed by atoms with Crippen LogP contribution in [0.5, 0.6) is 5.75 Å². The minimum atomic E-state index is -3.80. The third-order valence-electron chi connectivity index (χ3n) is 6.21. The minimum Gasteiger partial charge on any atom is -0.495 e. The molecule has 0 unspecified atom stereocenters. The van der Waals surface area contributed by atoms with Gasteiger partial charge in [-0.15, -0.1) is 0 Å². The summed E-state index contributed by atoms with van der Waals surface area (Å²) in [5.41, 5.74) is 1.65. The van der Waals surface area contributed by atoms with Gasteiger partial charge in [-0.25, -0.2) is 8.42 Å². The van der Waals surface area contributed by atoms with E-state index in [2.05, 4.69) is 10.3 Å². The number of hydrogen-bond acceptors (Lipinski definition) is 7. The monoisotopic (exact) mass is 472 g/mol. The summed E-state index contributed by atoms with van der Waals surface area (Å²) in [7, 11) is -0.719. The Kier molecular flexibility index (Phi) is 6.40. The Morgan fingerprint density at radius 2 is 1.85 bits per heavy atom. The van der Waals surface area contributed by atoms with Crippen molar-refractivity contribution in [2.75, 3.05) is 14.2 Å². The van der Waals surface area contributed by atoms with Gasteiger partial charge in [0.2, 0.25) is 10.0 Å². The first kappa shape index (κ1) is 23.2. The molecule has 10 heteroatoms. The van der Waals surface area contributed by atoms with Gasteiger partial charge < -0.3 is 9.26 Å². The first-order chi connectivity index (χ1) is 15.7. The predicted molar refractivity (Wildman–Crippen MR) is 123 cm³/mol. The van der Waals surface area contributed by atoms with E-state index in [1.165, 1.54) is 22.2 Å². The maximum absolute atomic E-state index is 13.5. The number of benzene rings is 1. The number of sulfonamides is 1. The number of methoxy groups -OCH3 is 1. The summed E-state index contributed by atoms with van der Waals surface area (Å²) in [5, 5.41) is 8.37. The Morgan fingerprint density at radius 1 is 1.12 bits per heavy atom.